The van der Waals surface area contributed by atoms with E-state index in [2.05, 4.69) is 16.8 Å². The van der Waals surface area contributed by atoms with Gasteiger partial charge in [0.2, 0.25) is 0 Å². The van der Waals surface area contributed by atoms with Crippen LogP contribution >= 0.6 is 23.2 Å². The van der Waals surface area contributed by atoms with Crippen LogP contribution in [0.4, 0.5) is 0 Å². The molecule has 0 aromatic heterocycles. The second kappa shape index (κ2) is 12.6. The lowest BCUT2D eigenvalue weighted by atomic mass is 10.0. The molecule has 0 bridgehead atoms. The molecule has 9 heteroatoms. The van der Waals surface area contributed by atoms with E-state index in [0.29, 0.717) is 16.7 Å². The van der Waals surface area contributed by atoms with E-state index < -0.39 is 11.9 Å². The van der Waals surface area contributed by atoms with Gasteiger partial charge >= 0.3 is 11.9 Å². The third-order valence-corrected chi connectivity index (χ3v) is 5.39. The summed E-state index contributed by atoms with van der Waals surface area (Å²) in [6.07, 6.45) is -0.208. The monoisotopic (exact) mass is 468 g/mol. The van der Waals surface area contributed by atoms with Crippen molar-refractivity contribution in [3.63, 3.8) is 0 Å². The van der Waals surface area contributed by atoms with Gasteiger partial charge in [-0.15, -0.1) is 0 Å². The van der Waals surface area contributed by atoms with Crippen molar-refractivity contribution in [1.29, 1.82) is 0 Å². The van der Waals surface area contributed by atoms with Crippen LogP contribution in [-0.2, 0) is 14.3 Å². The van der Waals surface area contributed by atoms with E-state index in [1.54, 1.807) is 0 Å². The molecule has 1 aliphatic heterocycles. The molecule has 0 radical (unpaired) electrons. The van der Waals surface area contributed by atoms with Crippen molar-refractivity contribution in [2.24, 2.45) is 0 Å². The first-order valence-electron chi connectivity index (χ1n) is 9.76. The van der Waals surface area contributed by atoms with Crippen LogP contribution in [-0.4, -0.2) is 78.3 Å². The Balaban J connectivity index is 0.000000501. The molecule has 0 amide bonds. The van der Waals surface area contributed by atoms with Crippen LogP contribution in [0.5, 0.6) is 0 Å². The first-order valence-corrected chi connectivity index (χ1v) is 10.5. The lowest BCUT2D eigenvalue weighted by molar-refractivity contribution is -0.159. The Morgan fingerprint density at radius 3 is 2.23 bits per heavy atom. The van der Waals surface area contributed by atoms with Crippen molar-refractivity contribution in [3.8, 4) is 0 Å². The van der Waals surface area contributed by atoms with Gasteiger partial charge in [0.1, 0.15) is 6.10 Å². The Kier molecular flexibility index (Phi) is 10.2. The molecule has 2 N–H and O–H groups in total. The van der Waals surface area contributed by atoms with Gasteiger partial charge in [0.25, 0.3) is 0 Å². The van der Waals surface area contributed by atoms with Crippen LogP contribution in [0.3, 0.4) is 0 Å². The maximum Gasteiger partial charge on any atom is 0.414 e. The number of hydrogen-bond acceptors (Lipinski definition) is 5. The zero-order chi connectivity index (χ0) is 22.8. The lowest BCUT2D eigenvalue weighted by Gasteiger charge is -2.32. The number of ether oxygens (including phenoxy) is 1. The van der Waals surface area contributed by atoms with E-state index in [0.717, 1.165) is 43.9 Å². The molecular formula is C22H26Cl2N2O5. The summed E-state index contributed by atoms with van der Waals surface area (Å²) in [4.78, 5) is 23.0. The highest BCUT2D eigenvalue weighted by Gasteiger charge is 2.19. The molecule has 1 saturated heterocycles. The summed E-state index contributed by atoms with van der Waals surface area (Å²) >= 11 is 12.6. The average Bonchev–Trinajstić information content (AvgIpc) is 2.74. The number of aliphatic carboxylic acids is 2. The third-order valence-electron chi connectivity index (χ3n) is 4.81. The van der Waals surface area contributed by atoms with E-state index in [-0.39, 0.29) is 6.10 Å². The van der Waals surface area contributed by atoms with E-state index in [4.69, 9.17) is 47.7 Å². The Hall–Kier alpha value is -2.16. The predicted molar refractivity (Wildman–Crippen MR) is 120 cm³/mol. The Labute approximate surface area is 191 Å². The first kappa shape index (κ1) is 25.1. The standard InChI is InChI=1S/C20H24Cl2N2O.C2H2O4/c1-23-9-11-24(12-10-23)13-14-25-20(16-5-4-6-17(21)15-16)18-7-2-3-8-19(18)22;3-1(4)2(5)6/h2-8,15,20H,9-14H2,1H3;(H,3,4)(H,5,6). The van der Waals surface area contributed by atoms with Crippen LogP contribution < -0.4 is 0 Å². The number of likely N-dealkylation sites (N-methyl/N-ethyl adjacent to an activating group) is 1. The van der Waals surface area contributed by atoms with E-state index in [9.17, 15) is 0 Å². The number of halogens is 2. The van der Waals surface area contributed by atoms with Crippen LogP contribution in [0.25, 0.3) is 0 Å². The highest BCUT2D eigenvalue weighted by molar-refractivity contribution is 6.31. The Morgan fingerprint density at radius 2 is 1.65 bits per heavy atom. The molecule has 1 heterocycles. The number of carboxylic acids is 2. The van der Waals surface area contributed by atoms with Crippen LogP contribution in [0.15, 0.2) is 48.5 Å². The fourth-order valence-corrected chi connectivity index (χ4v) is 3.53. The first-order chi connectivity index (χ1) is 14.8. The second-order valence-electron chi connectivity index (χ2n) is 7.08. The quantitative estimate of drug-likeness (QED) is 0.626. The summed E-state index contributed by atoms with van der Waals surface area (Å²) < 4.78 is 6.28. The minimum absolute atomic E-state index is 0.208. The molecule has 7 nitrogen and oxygen atoms in total. The summed E-state index contributed by atoms with van der Waals surface area (Å²) in [5.74, 6) is -3.65. The van der Waals surface area contributed by atoms with Crippen molar-refractivity contribution in [2.45, 2.75) is 6.10 Å². The zero-order valence-electron chi connectivity index (χ0n) is 17.2. The van der Waals surface area contributed by atoms with Crippen molar-refractivity contribution < 1.29 is 24.5 Å². The normalized spacial score (nSPS) is 15.6. The summed E-state index contributed by atoms with van der Waals surface area (Å²) in [5.41, 5.74) is 2.00. The molecule has 1 aliphatic rings. The van der Waals surface area contributed by atoms with Gasteiger partial charge in [0, 0.05) is 48.3 Å². The molecule has 31 heavy (non-hydrogen) atoms. The van der Waals surface area contributed by atoms with E-state index in [1.807, 2.05) is 48.5 Å². The maximum absolute atomic E-state index is 9.10. The smallest absolute Gasteiger partial charge is 0.414 e. The molecular weight excluding hydrogens is 443 g/mol. The SMILES string of the molecule is CN1CCN(CCOC(c2cccc(Cl)c2)c2ccccc2Cl)CC1.O=C(O)C(=O)O. The summed E-state index contributed by atoms with van der Waals surface area (Å²) in [7, 11) is 2.17. The highest BCUT2D eigenvalue weighted by atomic mass is 35.5. The van der Waals surface area contributed by atoms with Crippen molar-refractivity contribution in [1.82, 2.24) is 9.80 Å². The summed E-state index contributed by atoms with van der Waals surface area (Å²) in [6, 6.07) is 15.7. The van der Waals surface area contributed by atoms with Gasteiger partial charge in [0.05, 0.1) is 6.61 Å². The van der Waals surface area contributed by atoms with Crippen LogP contribution in [0, 0.1) is 0 Å². The van der Waals surface area contributed by atoms with Gasteiger partial charge in [-0.2, -0.15) is 0 Å². The van der Waals surface area contributed by atoms with E-state index >= 15 is 0 Å². The third kappa shape index (κ3) is 8.47. The fraction of sp³-hybridized carbons (Fsp3) is 0.364. The number of carboxylic acid groups (broad SMARTS) is 2. The number of carbonyl (C=O) groups is 2. The molecule has 2 aromatic carbocycles. The topological polar surface area (TPSA) is 90.3 Å². The molecule has 2 aromatic rings. The van der Waals surface area contributed by atoms with Crippen molar-refractivity contribution >= 4 is 35.1 Å². The molecule has 1 fully saturated rings. The van der Waals surface area contributed by atoms with Gasteiger partial charge in [0.15, 0.2) is 0 Å². The number of rotatable bonds is 6. The van der Waals surface area contributed by atoms with E-state index in [1.165, 1.54) is 0 Å². The predicted octanol–water partition coefficient (Wildman–Crippen LogP) is 3.50. The van der Waals surface area contributed by atoms with Crippen molar-refractivity contribution in [2.75, 3.05) is 46.4 Å². The molecule has 1 unspecified atom stereocenters. The summed E-state index contributed by atoms with van der Waals surface area (Å²) in [6.45, 7) is 5.99. The van der Waals surface area contributed by atoms with Crippen molar-refractivity contribution in [3.05, 3.63) is 69.7 Å². The number of nitrogens with zero attached hydrogens (tertiary/aromatic N) is 2. The minimum Gasteiger partial charge on any atom is -0.473 e. The van der Waals surface area contributed by atoms with Gasteiger partial charge in [-0.05, 0) is 30.8 Å². The van der Waals surface area contributed by atoms with Gasteiger partial charge in [-0.25, -0.2) is 9.59 Å². The molecule has 1 atom stereocenters. The molecule has 168 valence electrons. The second-order valence-corrected chi connectivity index (χ2v) is 7.93. The molecule has 3 rings (SSSR count). The largest absolute Gasteiger partial charge is 0.473 e. The zero-order valence-corrected chi connectivity index (χ0v) is 18.7. The summed E-state index contributed by atoms with van der Waals surface area (Å²) in [5, 5.41) is 16.2. The Bertz CT molecular complexity index is 860. The lowest BCUT2D eigenvalue weighted by Crippen LogP contribution is -2.45. The number of hydrogen-bond donors (Lipinski definition) is 2. The Morgan fingerprint density at radius 1 is 1.00 bits per heavy atom. The van der Waals surface area contributed by atoms with Gasteiger partial charge in [-0.1, -0.05) is 53.5 Å². The minimum atomic E-state index is -1.82. The van der Waals surface area contributed by atoms with Crippen LogP contribution in [0.2, 0.25) is 10.0 Å². The van der Waals surface area contributed by atoms with Gasteiger partial charge in [-0.3, -0.25) is 4.90 Å². The number of benzene rings is 2. The molecule has 0 aliphatic carbocycles. The number of piperazine rings is 1. The average molecular weight is 469 g/mol. The van der Waals surface area contributed by atoms with Crippen LogP contribution in [0.1, 0.15) is 17.2 Å². The maximum atomic E-state index is 9.10. The molecule has 0 saturated carbocycles. The molecule has 0 spiro atoms. The van der Waals surface area contributed by atoms with Gasteiger partial charge < -0.3 is 19.8 Å². The highest BCUT2D eigenvalue weighted by Crippen LogP contribution is 2.32. The fourth-order valence-electron chi connectivity index (χ4n) is 3.09.